The molecule has 10 heavy (non-hydrogen) atoms. The Morgan fingerprint density at radius 2 is 2.00 bits per heavy atom. The molecule has 4 heteroatoms. The normalized spacial score (nSPS) is 22.8. The lowest BCUT2D eigenvalue weighted by molar-refractivity contribution is -0.108. The highest BCUT2D eigenvalue weighted by molar-refractivity contribution is 7.85. The SMILES string of the molecule is O=CCN1CCS(=O)CC1. The van der Waals surface area contributed by atoms with E-state index >= 15 is 0 Å². The topological polar surface area (TPSA) is 37.4 Å². The maximum absolute atomic E-state index is 10.8. The monoisotopic (exact) mass is 161 g/mol. The quantitative estimate of drug-likeness (QED) is 0.500. The zero-order valence-electron chi connectivity index (χ0n) is 5.78. The van der Waals surface area contributed by atoms with Gasteiger partial charge in [0.1, 0.15) is 6.29 Å². The molecule has 0 aliphatic carbocycles. The fourth-order valence-corrected chi connectivity index (χ4v) is 2.09. The van der Waals surface area contributed by atoms with E-state index in [1.54, 1.807) is 0 Å². The molecule has 0 spiro atoms. The fourth-order valence-electron chi connectivity index (χ4n) is 0.964. The van der Waals surface area contributed by atoms with Crippen LogP contribution in [0.2, 0.25) is 0 Å². The van der Waals surface area contributed by atoms with E-state index in [9.17, 15) is 9.00 Å². The van der Waals surface area contributed by atoms with Crippen LogP contribution in [0, 0.1) is 0 Å². The van der Waals surface area contributed by atoms with E-state index in [1.165, 1.54) is 0 Å². The van der Waals surface area contributed by atoms with Crippen LogP contribution < -0.4 is 0 Å². The Balaban J connectivity index is 2.25. The van der Waals surface area contributed by atoms with Crippen molar-refractivity contribution in [1.29, 1.82) is 0 Å². The molecule has 58 valence electrons. The maximum Gasteiger partial charge on any atom is 0.133 e. The lowest BCUT2D eigenvalue weighted by Gasteiger charge is -2.23. The van der Waals surface area contributed by atoms with E-state index in [1.807, 2.05) is 4.90 Å². The average molecular weight is 161 g/mol. The Kier molecular flexibility index (Phi) is 3.02. The van der Waals surface area contributed by atoms with Gasteiger partial charge in [0.25, 0.3) is 0 Å². The molecule has 1 aliphatic heterocycles. The van der Waals surface area contributed by atoms with Crippen molar-refractivity contribution in [2.24, 2.45) is 0 Å². The molecule has 0 aromatic rings. The number of aldehydes is 1. The van der Waals surface area contributed by atoms with Crippen LogP contribution in [0.25, 0.3) is 0 Å². The van der Waals surface area contributed by atoms with Gasteiger partial charge in [-0.15, -0.1) is 0 Å². The van der Waals surface area contributed by atoms with Crippen molar-refractivity contribution in [2.75, 3.05) is 31.1 Å². The van der Waals surface area contributed by atoms with Crippen LogP contribution in [0.15, 0.2) is 0 Å². The summed E-state index contributed by atoms with van der Waals surface area (Å²) in [6, 6.07) is 0. The molecule has 1 heterocycles. The van der Waals surface area contributed by atoms with Crippen molar-refractivity contribution in [3.8, 4) is 0 Å². The number of carbonyl (C=O) groups excluding carboxylic acids is 1. The van der Waals surface area contributed by atoms with Crippen molar-refractivity contribution in [1.82, 2.24) is 4.90 Å². The summed E-state index contributed by atoms with van der Waals surface area (Å²) in [4.78, 5) is 12.1. The molecular formula is C6H11NO2S. The Bertz CT molecular complexity index is 139. The number of nitrogens with zero attached hydrogens (tertiary/aromatic N) is 1. The highest BCUT2D eigenvalue weighted by Gasteiger charge is 2.13. The van der Waals surface area contributed by atoms with Crippen molar-refractivity contribution < 1.29 is 9.00 Å². The second-order valence-electron chi connectivity index (χ2n) is 2.32. The molecule has 0 atom stereocenters. The molecule has 0 saturated carbocycles. The summed E-state index contributed by atoms with van der Waals surface area (Å²) in [5.41, 5.74) is 0. The van der Waals surface area contributed by atoms with E-state index in [4.69, 9.17) is 0 Å². The minimum atomic E-state index is -0.622. The standard InChI is InChI=1S/C6H11NO2S/c8-4-1-7-2-5-10(9)6-3-7/h4H,1-3,5-6H2. The minimum Gasteiger partial charge on any atom is -0.302 e. The zero-order chi connectivity index (χ0) is 7.40. The first kappa shape index (κ1) is 7.88. The van der Waals surface area contributed by atoms with Crippen LogP contribution in [-0.4, -0.2) is 46.5 Å². The fraction of sp³-hybridized carbons (Fsp3) is 0.833. The molecule has 1 saturated heterocycles. The van der Waals surface area contributed by atoms with Crippen LogP contribution >= 0.6 is 0 Å². The zero-order valence-corrected chi connectivity index (χ0v) is 6.60. The molecule has 0 radical (unpaired) electrons. The van der Waals surface area contributed by atoms with Crippen molar-refractivity contribution >= 4 is 17.1 Å². The molecule has 0 aromatic heterocycles. The van der Waals surface area contributed by atoms with Gasteiger partial charge in [-0.2, -0.15) is 0 Å². The first-order valence-corrected chi connectivity index (χ1v) is 4.82. The van der Waals surface area contributed by atoms with Crippen molar-refractivity contribution in [3.05, 3.63) is 0 Å². The predicted octanol–water partition coefficient (Wildman–Crippen LogP) is -0.750. The largest absolute Gasteiger partial charge is 0.302 e. The van der Waals surface area contributed by atoms with Gasteiger partial charge in [0.2, 0.25) is 0 Å². The molecule has 0 N–H and O–H groups in total. The molecule has 0 unspecified atom stereocenters. The summed E-state index contributed by atoms with van der Waals surface area (Å²) < 4.78 is 10.8. The second-order valence-corrected chi connectivity index (χ2v) is 4.01. The Morgan fingerprint density at radius 1 is 1.40 bits per heavy atom. The number of hydrogen-bond donors (Lipinski definition) is 0. The molecule has 1 fully saturated rings. The summed E-state index contributed by atoms with van der Waals surface area (Å²) in [5, 5.41) is 0. The minimum absolute atomic E-state index is 0.497. The highest BCUT2D eigenvalue weighted by Crippen LogP contribution is 1.97. The molecular weight excluding hydrogens is 150 g/mol. The summed E-state index contributed by atoms with van der Waals surface area (Å²) in [6.07, 6.45) is 0.897. The first-order chi connectivity index (χ1) is 4.83. The molecule has 3 nitrogen and oxygen atoms in total. The molecule has 0 bridgehead atoms. The predicted molar refractivity (Wildman–Crippen MR) is 40.4 cm³/mol. The van der Waals surface area contributed by atoms with Gasteiger partial charge >= 0.3 is 0 Å². The van der Waals surface area contributed by atoms with Gasteiger partial charge in [-0.1, -0.05) is 0 Å². The molecule has 1 aliphatic rings. The molecule has 0 aromatic carbocycles. The lowest BCUT2D eigenvalue weighted by atomic mass is 10.5. The first-order valence-electron chi connectivity index (χ1n) is 3.34. The van der Waals surface area contributed by atoms with Crippen LogP contribution in [-0.2, 0) is 15.6 Å². The van der Waals surface area contributed by atoms with Crippen LogP contribution in [0.5, 0.6) is 0 Å². The second kappa shape index (κ2) is 3.83. The smallest absolute Gasteiger partial charge is 0.133 e. The lowest BCUT2D eigenvalue weighted by Crippen LogP contribution is -2.38. The van der Waals surface area contributed by atoms with Crippen molar-refractivity contribution in [3.63, 3.8) is 0 Å². The summed E-state index contributed by atoms with van der Waals surface area (Å²) >= 11 is 0. The van der Waals surface area contributed by atoms with Crippen LogP contribution in [0.4, 0.5) is 0 Å². The molecule has 1 rings (SSSR count). The van der Waals surface area contributed by atoms with E-state index in [0.29, 0.717) is 6.54 Å². The Hall–Kier alpha value is -0.220. The van der Waals surface area contributed by atoms with Crippen LogP contribution in [0.3, 0.4) is 0 Å². The summed E-state index contributed by atoms with van der Waals surface area (Å²) in [5.74, 6) is 1.46. The van der Waals surface area contributed by atoms with E-state index in [2.05, 4.69) is 0 Å². The Labute approximate surface area is 62.9 Å². The van der Waals surface area contributed by atoms with Gasteiger partial charge < -0.3 is 4.79 Å². The summed E-state index contributed by atoms with van der Waals surface area (Å²) in [6.45, 7) is 2.12. The van der Waals surface area contributed by atoms with Gasteiger partial charge in [-0.25, -0.2) is 0 Å². The van der Waals surface area contributed by atoms with E-state index < -0.39 is 10.8 Å². The van der Waals surface area contributed by atoms with Gasteiger partial charge in [0.05, 0.1) is 6.54 Å². The van der Waals surface area contributed by atoms with E-state index in [-0.39, 0.29) is 0 Å². The number of rotatable bonds is 2. The van der Waals surface area contributed by atoms with Gasteiger partial charge in [-0.05, 0) is 0 Å². The average Bonchev–Trinajstić information content (AvgIpc) is 1.95. The third-order valence-electron chi connectivity index (χ3n) is 1.60. The Morgan fingerprint density at radius 3 is 2.50 bits per heavy atom. The van der Waals surface area contributed by atoms with Crippen molar-refractivity contribution in [2.45, 2.75) is 0 Å². The number of hydrogen-bond acceptors (Lipinski definition) is 3. The van der Waals surface area contributed by atoms with Gasteiger partial charge in [-0.3, -0.25) is 9.11 Å². The van der Waals surface area contributed by atoms with E-state index in [0.717, 1.165) is 30.9 Å². The van der Waals surface area contributed by atoms with Gasteiger partial charge in [0.15, 0.2) is 0 Å². The molecule has 0 amide bonds. The highest BCUT2D eigenvalue weighted by atomic mass is 32.2. The van der Waals surface area contributed by atoms with Gasteiger partial charge in [0, 0.05) is 35.4 Å². The number of carbonyl (C=O) groups is 1. The summed E-state index contributed by atoms with van der Waals surface area (Å²) in [7, 11) is -0.622. The third kappa shape index (κ3) is 2.19. The van der Waals surface area contributed by atoms with Crippen LogP contribution in [0.1, 0.15) is 0 Å². The maximum atomic E-state index is 10.8. The third-order valence-corrected chi connectivity index (χ3v) is 2.88.